The van der Waals surface area contributed by atoms with Gasteiger partial charge in [0.15, 0.2) is 0 Å². The molecule has 0 aromatic rings. The molecule has 1 aliphatic rings. The highest BCUT2D eigenvalue weighted by Crippen LogP contribution is 1.90. The molecule has 0 N–H and O–H groups in total. The molecule has 0 unspecified atom stereocenters. The SMILES string of the molecule is [C]1=C/C=C/C=C/C=C\C=C\C=C\C=C\C=C\C\1. The molecule has 0 spiro atoms. The van der Waals surface area contributed by atoms with Crippen molar-refractivity contribution in [2.24, 2.45) is 0 Å². The van der Waals surface area contributed by atoms with E-state index in [0.717, 1.165) is 6.42 Å². The molecule has 17 heavy (non-hydrogen) atoms. The fraction of sp³-hybridized carbons (Fsp3) is 0.0588. The van der Waals surface area contributed by atoms with Crippen molar-refractivity contribution in [3.63, 3.8) is 0 Å². The Kier molecular flexibility index (Phi) is 7.97. The molecule has 1 aliphatic carbocycles. The summed E-state index contributed by atoms with van der Waals surface area (Å²) in [7, 11) is 0. The fourth-order valence-electron chi connectivity index (χ4n) is 1.11. The van der Waals surface area contributed by atoms with Gasteiger partial charge in [-0.3, -0.25) is 0 Å². The first-order chi connectivity index (χ1) is 8.50. The van der Waals surface area contributed by atoms with Crippen LogP contribution in [0.2, 0.25) is 0 Å². The molecule has 0 nitrogen and oxygen atoms in total. The molecule has 0 fully saturated rings. The van der Waals surface area contributed by atoms with Gasteiger partial charge in [0.25, 0.3) is 0 Å². The summed E-state index contributed by atoms with van der Waals surface area (Å²) in [5.41, 5.74) is 0. The topological polar surface area (TPSA) is 0 Å². The predicted molar refractivity (Wildman–Crippen MR) is 76.4 cm³/mol. The lowest BCUT2D eigenvalue weighted by Gasteiger charge is -1.78. The summed E-state index contributed by atoms with van der Waals surface area (Å²) < 4.78 is 0. The summed E-state index contributed by atoms with van der Waals surface area (Å²) in [4.78, 5) is 0. The van der Waals surface area contributed by atoms with E-state index in [-0.39, 0.29) is 0 Å². The van der Waals surface area contributed by atoms with Gasteiger partial charge in [0.05, 0.1) is 0 Å². The van der Waals surface area contributed by atoms with Crippen molar-refractivity contribution in [3.05, 3.63) is 97.2 Å². The summed E-state index contributed by atoms with van der Waals surface area (Å²) in [5, 5.41) is 0. The van der Waals surface area contributed by atoms with Crippen LogP contribution < -0.4 is 0 Å². The third kappa shape index (κ3) is 8.88. The predicted octanol–water partition coefficient (Wildman–Crippen LogP) is 4.64. The van der Waals surface area contributed by atoms with Gasteiger partial charge in [0.1, 0.15) is 0 Å². The Hall–Kier alpha value is -2.08. The van der Waals surface area contributed by atoms with Gasteiger partial charge in [-0.15, -0.1) is 0 Å². The van der Waals surface area contributed by atoms with Gasteiger partial charge in [-0.1, -0.05) is 91.1 Å². The molecule has 0 atom stereocenters. The second-order valence-corrected chi connectivity index (χ2v) is 3.31. The van der Waals surface area contributed by atoms with Crippen LogP contribution in [-0.4, -0.2) is 0 Å². The van der Waals surface area contributed by atoms with E-state index in [2.05, 4.69) is 12.2 Å². The van der Waals surface area contributed by atoms with Gasteiger partial charge < -0.3 is 0 Å². The minimum atomic E-state index is 0.835. The summed E-state index contributed by atoms with van der Waals surface area (Å²) >= 11 is 0. The standard InChI is InChI=1S/C17H17/c1-2-4-6-8-10-12-14-16-17-15-13-11-9-7-5-3-1/h1-15H,16H2/b2-1+,5-3-,6-4+,9-7+,10-8+,13-11+,14-12+,17-15?. The van der Waals surface area contributed by atoms with Crippen molar-refractivity contribution in [1.29, 1.82) is 0 Å². The van der Waals surface area contributed by atoms with Crippen LogP contribution in [-0.2, 0) is 0 Å². The monoisotopic (exact) mass is 221 g/mol. The first kappa shape index (κ1) is 13.0. The van der Waals surface area contributed by atoms with Gasteiger partial charge in [0.2, 0.25) is 0 Å². The van der Waals surface area contributed by atoms with Crippen LogP contribution >= 0.6 is 0 Å². The summed E-state index contributed by atoms with van der Waals surface area (Å²) in [6.45, 7) is 0. The number of hydrogen-bond donors (Lipinski definition) is 0. The quantitative estimate of drug-likeness (QED) is 0.559. The Bertz CT molecular complexity index is 367. The van der Waals surface area contributed by atoms with Crippen molar-refractivity contribution in [1.82, 2.24) is 0 Å². The molecule has 0 bridgehead atoms. The van der Waals surface area contributed by atoms with Crippen molar-refractivity contribution >= 4 is 0 Å². The Balaban J connectivity index is 2.62. The lowest BCUT2D eigenvalue weighted by Crippen LogP contribution is -1.58. The van der Waals surface area contributed by atoms with Crippen LogP contribution in [0.5, 0.6) is 0 Å². The normalized spacial score (nSPS) is 31.5. The van der Waals surface area contributed by atoms with Gasteiger partial charge >= 0.3 is 0 Å². The van der Waals surface area contributed by atoms with Gasteiger partial charge in [-0.05, 0) is 12.5 Å². The number of rotatable bonds is 0. The molecule has 0 heterocycles. The Morgan fingerprint density at radius 3 is 1.41 bits per heavy atom. The van der Waals surface area contributed by atoms with E-state index in [4.69, 9.17) is 0 Å². The molecule has 0 aromatic heterocycles. The van der Waals surface area contributed by atoms with Crippen LogP contribution in [0.15, 0.2) is 91.1 Å². The third-order valence-electron chi connectivity index (χ3n) is 1.92. The smallest absolute Gasteiger partial charge is 0.00915 e. The molecule has 0 amide bonds. The van der Waals surface area contributed by atoms with Crippen LogP contribution in [0.3, 0.4) is 0 Å². The van der Waals surface area contributed by atoms with E-state index in [1.165, 1.54) is 0 Å². The highest BCUT2D eigenvalue weighted by molar-refractivity contribution is 5.21. The average Bonchev–Trinajstić information content (AvgIpc) is 2.35. The van der Waals surface area contributed by atoms with E-state index < -0.39 is 0 Å². The Labute approximate surface area is 104 Å². The van der Waals surface area contributed by atoms with Crippen molar-refractivity contribution in [3.8, 4) is 0 Å². The largest absolute Gasteiger partial charge is 0.0801 e. The molecule has 85 valence electrons. The average molecular weight is 221 g/mol. The fourth-order valence-corrected chi connectivity index (χ4v) is 1.11. The van der Waals surface area contributed by atoms with Gasteiger partial charge in [-0.2, -0.15) is 0 Å². The molecule has 0 saturated heterocycles. The zero-order chi connectivity index (χ0) is 12.0. The Morgan fingerprint density at radius 2 is 0.882 bits per heavy atom. The second-order valence-electron chi connectivity index (χ2n) is 3.31. The molecular weight excluding hydrogens is 204 g/mol. The zero-order valence-corrected chi connectivity index (χ0v) is 9.87. The van der Waals surface area contributed by atoms with Crippen molar-refractivity contribution in [2.45, 2.75) is 6.42 Å². The number of hydrogen-bond acceptors (Lipinski definition) is 0. The van der Waals surface area contributed by atoms with E-state index in [1.54, 1.807) is 0 Å². The zero-order valence-electron chi connectivity index (χ0n) is 9.87. The van der Waals surface area contributed by atoms with Crippen LogP contribution in [0.25, 0.3) is 0 Å². The summed E-state index contributed by atoms with van der Waals surface area (Å²) in [6.07, 6.45) is 34.0. The van der Waals surface area contributed by atoms with E-state index in [0.29, 0.717) is 0 Å². The van der Waals surface area contributed by atoms with Crippen molar-refractivity contribution < 1.29 is 0 Å². The lowest BCUT2D eigenvalue weighted by molar-refractivity contribution is 1.34. The van der Waals surface area contributed by atoms with Gasteiger partial charge in [-0.25, -0.2) is 0 Å². The number of allylic oxidation sites excluding steroid dienone is 16. The second kappa shape index (κ2) is 10.4. The minimum Gasteiger partial charge on any atom is -0.0801 e. The van der Waals surface area contributed by atoms with E-state index in [9.17, 15) is 0 Å². The van der Waals surface area contributed by atoms with Crippen molar-refractivity contribution in [2.75, 3.05) is 0 Å². The molecule has 0 saturated carbocycles. The Morgan fingerprint density at radius 1 is 0.471 bits per heavy atom. The first-order valence-corrected chi connectivity index (χ1v) is 5.72. The first-order valence-electron chi connectivity index (χ1n) is 5.72. The third-order valence-corrected chi connectivity index (χ3v) is 1.92. The van der Waals surface area contributed by atoms with E-state index >= 15 is 0 Å². The van der Waals surface area contributed by atoms with Gasteiger partial charge in [0, 0.05) is 0 Å². The molecule has 0 aliphatic heterocycles. The lowest BCUT2D eigenvalue weighted by atomic mass is 10.3. The summed E-state index contributed by atoms with van der Waals surface area (Å²) in [6, 6.07) is 0. The molecule has 1 radical (unpaired) electrons. The van der Waals surface area contributed by atoms with Crippen LogP contribution in [0.1, 0.15) is 6.42 Å². The molecule has 0 heteroatoms. The molecule has 1 rings (SSSR count). The maximum absolute atomic E-state index is 3.16. The van der Waals surface area contributed by atoms with Crippen LogP contribution in [0.4, 0.5) is 0 Å². The minimum absolute atomic E-state index is 0.835. The maximum atomic E-state index is 3.16. The van der Waals surface area contributed by atoms with E-state index in [1.807, 2.05) is 85.1 Å². The maximum Gasteiger partial charge on any atom is -0.00915 e. The highest BCUT2D eigenvalue weighted by atomic mass is 13.8. The highest BCUT2D eigenvalue weighted by Gasteiger charge is 1.70. The van der Waals surface area contributed by atoms with Crippen LogP contribution in [0, 0.1) is 6.08 Å². The molecule has 0 aromatic carbocycles. The summed E-state index contributed by atoms with van der Waals surface area (Å²) in [5.74, 6) is 0. The molecular formula is C17H17.